The highest BCUT2D eigenvalue weighted by atomic mass is 16.2. The average Bonchev–Trinajstić information content (AvgIpc) is 2.54. The van der Waals surface area contributed by atoms with E-state index in [0.29, 0.717) is 12.6 Å². The Labute approximate surface area is 139 Å². The van der Waals surface area contributed by atoms with Crippen LogP contribution >= 0.6 is 0 Å². The van der Waals surface area contributed by atoms with Crippen LogP contribution in [0.3, 0.4) is 0 Å². The second-order valence-electron chi connectivity index (χ2n) is 6.87. The maximum absolute atomic E-state index is 12.6. The van der Waals surface area contributed by atoms with Crippen LogP contribution in [0, 0.1) is 17.2 Å². The van der Waals surface area contributed by atoms with Gasteiger partial charge in [-0.3, -0.25) is 4.79 Å². The minimum Gasteiger partial charge on any atom is -0.359 e. The molecule has 0 aliphatic carbocycles. The third-order valence-electron chi connectivity index (χ3n) is 5.06. The van der Waals surface area contributed by atoms with Crippen molar-refractivity contribution in [3.63, 3.8) is 0 Å². The van der Waals surface area contributed by atoms with Gasteiger partial charge in [0, 0.05) is 11.7 Å². The van der Waals surface area contributed by atoms with E-state index >= 15 is 0 Å². The van der Waals surface area contributed by atoms with Gasteiger partial charge in [-0.15, -0.1) is 0 Å². The molecule has 0 radical (unpaired) electrons. The van der Waals surface area contributed by atoms with E-state index in [9.17, 15) is 10.1 Å². The summed E-state index contributed by atoms with van der Waals surface area (Å²) < 4.78 is 0. The molecule has 0 aromatic heterocycles. The van der Waals surface area contributed by atoms with E-state index in [1.165, 1.54) is 5.56 Å². The lowest BCUT2D eigenvalue weighted by Crippen LogP contribution is -2.53. The van der Waals surface area contributed by atoms with Crippen molar-refractivity contribution < 1.29 is 4.79 Å². The number of nitrogens with one attached hydrogen (secondary N) is 1. The molecule has 1 N–H and O–H groups in total. The van der Waals surface area contributed by atoms with Crippen molar-refractivity contribution in [1.82, 2.24) is 5.32 Å². The smallest absolute Gasteiger partial charge is 0.240 e. The Kier molecular flexibility index (Phi) is 5.30. The Bertz CT molecular complexity index is 605. The fraction of sp³-hybridized carbons (Fsp3) is 0.579. The highest BCUT2D eigenvalue weighted by Crippen LogP contribution is 2.31. The molecule has 1 aromatic carbocycles. The molecular weight excluding hydrogens is 286 g/mol. The van der Waals surface area contributed by atoms with Crippen molar-refractivity contribution >= 4 is 11.6 Å². The number of hydrogen-bond donors (Lipinski definition) is 1. The summed E-state index contributed by atoms with van der Waals surface area (Å²) in [5.41, 5.74) is 1.63. The van der Waals surface area contributed by atoms with Gasteiger partial charge in [0.15, 0.2) is 0 Å². The maximum atomic E-state index is 12.6. The van der Waals surface area contributed by atoms with Gasteiger partial charge in [0.05, 0.1) is 12.6 Å². The lowest BCUT2D eigenvalue weighted by Gasteiger charge is -2.39. The number of carbonyl (C=O) groups is 1. The van der Waals surface area contributed by atoms with Crippen molar-refractivity contribution in [2.45, 2.75) is 58.5 Å². The van der Waals surface area contributed by atoms with Crippen LogP contribution in [0.2, 0.25) is 0 Å². The Morgan fingerprint density at radius 3 is 2.78 bits per heavy atom. The summed E-state index contributed by atoms with van der Waals surface area (Å²) in [7, 11) is 0. The standard InChI is InChI=1S/C19H27N3O/c1-5-16-11-10-15-8-6-7-9-17(15)22(16)12-18(23)21-19(4,13-20)14(2)3/h6-9,14,16H,5,10-12H2,1-4H3,(H,21,23). The van der Waals surface area contributed by atoms with Gasteiger partial charge in [-0.2, -0.15) is 5.26 Å². The topological polar surface area (TPSA) is 56.1 Å². The van der Waals surface area contributed by atoms with Gasteiger partial charge >= 0.3 is 0 Å². The first-order valence-electron chi connectivity index (χ1n) is 8.48. The molecule has 4 nitrogen and oxygen atoms in total. The molecule has 1 aliphatic heterocycles. The summed E-state index contributed by atoms with van der Waals surface area (Å²) in [5, 5.41) is 12.3. The molecule has 1 amide bonds. The minimum absolute atomic E-state index is 0.0621. The molecule has 0 bridgehead atoms. The van der Waals surface area contributed by atoms with Gasteiger partial charge in [0.1, 0.15) is 5.54 Å². The van der Waals surface area contributed by atoms with Gasteiger partial charge in [-0.05, 0) is 43.7 Å². The highest BCUT2D eigenvalue weighted by Gasteiger charge is 2.32. The van der Waals surface area contributed by atoms with Crippen LogP contribution in [0.25, 0.3) is 0 Å². The lowest BCUT2D eigenvalue weighted by atomic mass is 9.90. The second-order valence-corrected chi connectivity index (χ2v) is 6.87. The van der Waals surface area contributed by atoms with E-state index in [0.717, 1.165) is 24.9 Å². The number of nitrogens with zero attached hydrogens (tertiary/aromatic N) is 2. The molecule has 0 spiro atoms. The molecule has 0 saturated heterocycles. The zero-order valence-corrected chi connectivity index (χ0v) is 14.6. The molecule has 1 aliphatic rings. The number of carbonyl (C=O) groups excluding carboxylic acids is 1. The van der Waals surface area contributed by atoms with Gasteiger partial charge in [-0.25, -0.2) is 0 Å². The molecule has 2 rings (SSSR count). The fourth-order valence-corrected chi connectivity index (χ4v) is 3.10. The van der Waals surface area contributed by atoms with Crippen molar-refractivity contribution in [3.8, 4) is 6.07 Å². The van der Waals surface area contributed by atoms with Crippen LogP contribution in [-0.4, -0.2) is 24.0 Å². The van der Waals surface area contributed by atoms with Crippen LogP contribution in [-0.2, 0) is 11.2 Å². The predicted octanol–water partition coefficient (Wildman–Crippen LogP) is 3.27. The van der Waals surface area contributed by atoms with Gasteiger partial charge in [0.25, 0.3) is 0 Å². The number of para-hydroxylation sites is 1. The van der Waals surface area contributed by atoms with Crippen LogP contribution in [0.1, 0.15) is 46.1 Å². The van der Waals surface area contributed by atoms with E-state index in [-0.39, 0.29) is 11.8 Å². The Morgan fingerprint density at radius 2 is 2.17 bits per heavy atom. The van der Waals surface area contributed by atoms with Gasteiger partial charge in [0.2, 0.25) is 5.91 Å². The first-order valence-corrected chi connectivity index (χ1v) is 8.48. The number of nitriles is 1. The van der Waals surface area contributed by atoms with E-state index in [2.05, 4.69) is 41.4 Å². The van der Waals surface area contributed by atoms with Crippen LogP contribution < -0.4 is 10.2 Å². The summed E-state index contributed by atoms with van der Waals surface area (Å²) in [6.07, 6.45) is 3.15. The molecule has 2 unspecified atom stereocenters. The number of hydrogen-bond acceptors (Lipinski definition) is 3. The molecular formula is C19H27N3O. The normalized spacial score (nSPS) is 19.7. The first-order chi connectivity index (χ1) is 10.9. The number of anilines is 1. The number of amides is 1. The molecule has 124 valence electrons. The van der Waals surface area contributed by atoms with Crippen LogP contribution in [0.5, 0.6) is 0 Å². The third kappa shape index (κ3) is 3.67. The second kappa shape index (κ2) is 7.04. The van der Waals surface area contributed by atoms with E-state index in [1.807, 2.05) is 19.9 Å². The molecule has 0 fully saturated rings. The quantitative estimate of drug-likeness (QED) is 0.907. The van der Waals surface area contributed by atoms with Crippen LogP contribution in [0.4, 0.5) is 5.69 Å². The molecule has 2 atom stereocenters. The van der Waals surface area contributed by atoms with Gasteiger partial charge in [-0.1, -0.05) is 39.0 Å². The molecule has 0 saturated carbocycles. The molecule has 4 heteroatoms. The van der Waals surface area contributed by atoms with Crippen molar-refractivity contribution in [2.24, 2.45) is 5.92 Å². The number of aryl methyl sites for hydroxylation is 1. The Balaban J connectivity index is 2.17. The number of fused-ring (bicyclic) bond motifs is 1. The SMILES string of the molecule is CCC1CCc2ccccc2N1CC(=O)NC(C)(C#N)C(C)C. The number of rotatable bonds is 5. The van der Waals surface area contributed by atoms with Crippen molar-refractivity contribution in [2.75, 3.05) is 11.4 Å². The fourth-order valence-electron chi connectivity index (χ4n) is 3.10. The summed E-state index contributed by atoms with van der Waals surface area (Å²) in [6.45, 7) is 8.16. The maximum Gasteiger partial charge on any atom is 0.240 e. The number of benzene rings is 1. The summed E-state index contributed by atoms with van der Waals surface area (Å²) >= 11 is 0. The monoisotopic (exact) mass is 313 g/mol. The first kappa shape index (κ1) is 17.3. The van der Waals surface area contributed by atoms with E-state index in [1.54, 1.807) is 6.92 Å². The Morgan fingerprint density at radius 1 is 1.48 bits per heavy atom. The third-order valence-corrected chi connectivity index (χ3v) is 5.06. The summed E-state index contributed by atoms with van der Waals surface area (Å²) in [5.74, 6) is -0.0232. The zero-order valence-electron chi connectivity index (χ0n) is 14.6. The van der Waals surface area contributed by atoms with Gasteiger partial charge < -0.3 is 10.2 Å². The van der Waals surface area contributed by atoms with E-state index < -0.39 is 5.54 Å². The highest BCUT2D eigenvalue weighted by molar-refractivity contribution is 5.83. The van der Waals surface area contributed by atoms with E-state index in [4.69, 9.17) is 0 Å². The largest absolute Gasteiger partial charge is 0.359 e. The van der Waals surface area contributed by atoms with Crippen LogP contribution in [0.15, 0.2) is 24.3 Å². The Hall–Kier alpha value is -2.02. The predicted molar refractivity (Wildman–Crippen MR) is 93.2 cm³/mol. The summed E-state index contributed by atoms with van der Waals surface area (Å²) in [6, 6.07) is 10.9. The lowest BCUT2D eigenvalue weighted by molar-refractivity contribution is -0.121. The summed E-state index contributed by atoms with van der Waals surface area (Å²) in [4.78, 5) is 14.8. The molecule has 23 heavy (non-hydrogen) atoms. The molecule has 1 heterocycles. The average molecular weight is 313 g/mol. The molecule has 1 aromatic rings. The minimum atomic E-state index is -0.825. The zero-order chi connectivity index (χ0) is 17.0. The van der Waals surface area contributed by atoms with Crippen molar-refractivity contribution in [3.05, 3.63) is 29.8 Å². The van der Waals surface area contributed by atoms with Crippen molar-refractivity contribution in [1.29, 1.82) is 5.26 Å².